The van der Waals surface area contributed by atoms with E-state index in [2.05, 4.69) is 5.32 Å². The molecule has 106 valence electrons. The lowest BCUT2D eigenvalue weighted by Gasteiger charge is -2.30. The van der Waals surface area contributed by atoms with Crippen LogP contribution in [0.5, 0.6) is 0 Å². The molecule has 0 spiro atoms. The minimum atomic E-state index is -1.53. The van der Waals surface area contributed by atoms with Gasteiger partial charge in [0.05, 0.1) is 6.61 Å². The van der Waals surface area contributed by atoms with Crippen LogP contribution < -0.4 is 5.32 Å². The van der Waals surface area contributed by atoms with Crippen molar-refractivity contribution in [2.75, 3.05) is 6.61 Å². The highest BCUT2D eigenvalue weighted by Gasteiger charge is 2.36. The van der Waals surface area contributed by atoms with Gasteiger partial charge in [-0.05, 0) is 19.8 Å². The number of hydrogen-bond acceptors (Lipinski definition) is 3. The zero-order chi connectivity index (χ0) is 13.6. The molecule has 1 amide bonds. The molecule has 1 aliphatic rings. The Balaban J connectivity index is 2.52. The molecule has 0 saturated heterocycles. The van der Waals surface area contributed by atoms with Gasteiger partial charge in [0, 0.05) is 5.25 Å². The van der Waals surface area contributed by atoms with Crippen LogP contribution in [0.25, 0.3) is 0 Å². The summed E-state index contributed by atoms with van der Waals surface area (Å²) in [7, 11) is 0. The van der Waals surface area contributed by atoms with Gasteiger partial charge in [-0.25, -0.2) is 4.79 Å². The van der Waals surface area contributed by atoms with Crippen molar-refractivity contribution in [2.45, 2.75) is 53.4 Å². The Morgan fingerprint density at radius 1 is 1.39 bits per heavy atom. The molecule has 1 aliphatic carbocycles. The Hall–Kier alpha value is 0.490. The maximum absolute atomic E-state index is 11.4. The standard InChI is InChI=1S/C11H18Cl3NO2S/c1-2-17-10(16)15-9(11(12,13)14)18-8-6-4-3-5-7-8/h8-9H,2-7H2,1H3,(H,15,16). The number of rotatable bonds is 4. The van der Waals surface area contributed by atoms with Gasteiger partial charge in [0.2, 0.25) is 3.79 Å². The first-order valence-electron chi connectivity index (χ1n) is 6.09. The van der Waals surface area contributed by atoms with E-state index in [1.165, 1.54) is 31.0 Å². The van der Waals surface area contributed by atoms with E-state index >= 15 is 0 Å². The molecule has 0 aliphatic heterocycles. The third kappa shape index (κ3) is 6.09. The number of ether oxygens (including phenoxy) is 1. The number of hydrogen-bond donors (Lipinski definition) is 1. The van der Waals surface area contributed by atoms with E-state index in [4.69, 9.17) is 39.5 Å². The normalized spacial score (nSPS) is 19.3. The van der Waals surface area contributed by atoms with Crippen LogP contribution in [0.1, 0.15) is 39.0 Å². The van der Waals surface area contributed by atoms with Crippen molar-refractivity contribution in [3.05, 3.63) is 0 Å². The second kappa shape index (κ2) is 7.93. The summed E-state index contributed by atoms with van der Waals surface area (Å²) in [6, 6.07) is 0. The van der Waals surface area contributed by atoms with Crippen LogP contribution in [0.3, 0.4) is 0 Å². The van der Waals surface area contributed by atoms with Crippen LogP contribution in [0.2, 0.25) is 0 Å². The Labute approximate surface area is 127 Å². The lowest BCUT2D eigenvalue weighted by atomic mass is 10.0. The van der Waals surface area contributed by atoms with Crippen molar-refractivity contribution < 1.29 is 9.53 Å². The maximum atomic E-state index is 11.4. The van der Waals surface area contributed by atoms with Gasteiger partial charge < -0.3 is 10.1 Å². The van der Waals surface area contributed by atoms with Crippen LogP contribution in [-0.4, -0.2) is 27.1 Å². The number of thioether (sulfide) groups is 1. The largest absolute Gasteiger partial charge is 0.450 e. The van der Waals surface area contributed by atoms with E-state index in [1.54, 1.807) is 6.92 Å². The first-order chi connectivity index (χ1) is 8.43. The quantitative estimate of drug-likeness (QED) is 0.608. The number of amides is 1. The lowest BCUT2D eigenvalue weighted by Crippen LogP contribution is -2.43. The molecule has 0 aromatic carbocycles. The van der Waals surface area contributed by atoms with Crippen molar-refractivity contribution in [1.29, 1.82) is 0 Å². The van der Waals surface area contributed by atoms with Gasteiger partial charge in [-0.3, -0.25) is 0 Å². The molecule has 18 heavy (non-hydrogen) atoms. The molecule has 1 unspecified atom stereocenters. The summed E-state index contributed by atoms with van der Waals surface area (Å²) in [5.74, 6) is 0. The molecule has 3 nitrogen and oxygen atoms in total. The molecule has 1 atom stereocenters. The van der Waals surface area contributed by atoms with E-state index in [9.17, 15) is 4.79 Å². The summed E-state index contributed by atoms with van der Waals surface area (Å²) >= 11 is 19.2. The minimum Gasteiger partial charge on any atom is -0.450 e. The summed E-state index contributed by atoms with van der Waals surface area (Å²) in [5.41, 5.74) is 0. The van der Waals surface area contributed by atoms with Crippen LogP contribution in [0, 0.1) is 0 Å². The average Bonchev–Trinajstić information content (AvgIpc) is 2.28. The topological polar surface area (TPSA) is 38.3 Å². The second-order valence-corrected chi connectivity index (χ2v) is 7.96. The Kier molecular flexibility index (Phi) is 7.29. The molecule has 1 rings (SSSR count). The average molecular weight is 335 g/mol. The highest BCUT2D eigenvalue weighted by atomic mass is 35.6. The molecule has 7 heteroatoms. The monoisotopic (exact) mass is 333 g/mol. The molecule has 1 saturated carbocycles. The van der Waals surface area contributed by atoms with Crippen LogP contribution in [0.4, 0.5) is 4.79 Å². The molecular formula is C11H18Cl3NO2S. The summed E-state index contributed by atoms with van der Waals surface area (Å²) in [6.45, 7) is 2.03. The van der Waals surface area contributed by atoms with Crippen molar-refractivity contribution in [1.82, 2.24) is 5.32 Å². The van der Waals surface area contributed by atoms with Gasteiger partial charge in [-0.15, -0.1) is 11.8 Å². The van der Waals surface area contributed by atoms with Crippen molar-refractivity contribution in [2.24, 2.45) is 0 Å². The van der Waals surface area contributed by atoms with Gasteiger partial charge in [0.1, 0.15) is 5.37 Å². The summed E-state index contributed by atoms with van der Waals surface area (Å²) < 4.78 is 3.28. The number of alkyl halides is 3. The number of carbonyl (C=O) groups is 1. The minimum absolute atomic E-state index is 0.298. The molecule has 0 aromatic rings. The third-order valence-electron chi connectivity index (χ3n) is 2.70. The molecule has 0 aromatic heterocycles. The summed E-state index contributed by atoms with van der Waals surface area (Å²) in [5, 5.41) is 2.46. The van der Waals surface area contributed by atoms with Gasteiger partial charge in [0.15, 0.2) is 0 Å². The molecule has 1 N–H and O–H groups in total. The highest BCUT2D eigenvalue weighted by molar-refractivity contribution is 8.00. The van der Waals surface area contributed by atoms with E-state index in [-0.39, 0.29) is 0 Å². The fourth-order valence-corrected chi connectivity index (χ4v) is 3.80. The smallest absolute Gasteiger partial charge is 0.408 e. The zero-order valence-electron chi connectivity index (χ0n) is 10.3. The molecule has 0 radical (unpaired) electrons. The molecule has 1 fully saturated rings. The van der Waals surface area contributed by atoms with Crippen molar-refractivity contribution in [3.8, 4) is 0 Å². The first-order valence-corrected chi connectivity index (χ1v) is 8.16. The van der Waals surface area contributed by atoms with Crippen molar-refractivity contribution >= 4 is 52.7 Å². The van der Waals surface area contributed by atoms with Crippen LogP contribution >= 0.6 is 46.6 Å². The molecule has 0 heterocycles. The number of halogens is 3. The predicted octanol–water partition coefficient (Wildman–Crippen LogP) is 4.49. The van der Waals surface area contributed by atoms with E-state index in [0.29, 0.717) is 11.9 Å². The van der Waals surface area contributed by atoms with E-state index < -0.39 is 15.3 Å². The predicted molar refractivity (Wildman–Crippen MR) is 78.7 cm³/mol. The molecule has 0 bridgehead atoms. The number of carbonyl (C=O) groups excluding carboxylic acids is 1. The summed E-state index contributed by atoms with van der Waals surface area (Å²) in [4.78, 5) is 11.4. The maximum Gasteiger partial charge on any atom is 0.408 e. The van der Waals surface area contributed by atoms with Gasteiger partial charge >= 0.3 is 6.09 Å². The SMILES string of the molecule is CCOC(=O)NC(SC1CCCCC1)C(Cl)(Cl)Cl. The highest BCUT2D eigenvalue weighted by Crippen LogP contribution is 2.41. The second-order valence-electron chi connectivity index (χ2n) is 4.18. The zero-order valence-corrected chi connectivity index (χ0v) is 13.3. The van der Waals surface area contributed by atoms with E-state index in [1.807, 2.05) is 0 Å². The summed E-state index contributed by atoms with van der Waals surface area (Å²) in [6.07, 6.45) is 5.32. The van der Waals surface area contributed by atoms with Crippen molar-refractivity contribution in [3.63, 3.8) is 0 Å². The Bertz CT molecular complexity index is 268. The number of nitrogens with one attached hydrogen (secondary N) is 1. The van der Waals surface area contributed by atoms with E-state index in [0.717, 1.165) is 12.8 Å². The fourth-order valence-electron chi connectivity index (χ4n) is 1.87. The van der Waals surface area contributed by atoms with Gasteiger partial charge in [-0.1, -0.05) is 54.1 Å². The fraction of sp³-hybridized carbons (Fsp3) is 0.909. The lowest BCUT2D eigenvalue weighted by molar-refractivity contribution is 0.151. The van der Waals surface area contributed by atoms with Crippen LogP contribution in [0.15, 0.2) is 0 Å². The Morgan fingerprint density at radius 3 is 2.50 bits per heavy atom. The van der Waals surface area contributed by atoms with Gasteiger partial charge in [-0.2, -0.15) is 0 Å². The molecular weight excluding hydrogens is 317 g/mol. The van der Waals surface area contributed by atoms with Gasteiger partial charge in [0.25, 0.3) is 0 Å². The third-order valence-corrected chi connectivity index (χ3v) is 5.35. The Morgan fingerprint density at radius 2 is 2.00 bits per heavy atom. The number of alkyl carbamates (subject to hydrolysis) is 1. The first kappa shape index (κ1) is 16.5. The van der Waals surface area contributed by atoms with Crippen LogP contribution in [-0.2, 0) is 4.74 Å².